The third-order valence-corrected chi connectivity index (χ3v) is 4.14. The minimum absolute atomic E-state index is 0.263. The van der Waals surface area contributed by atoms with E-state index in [4.69, 9.17) is 0 Å². The van der Waals surface area contributed by atoms with Gasteiger partial charge in [0.25, 0.3) is 0 Å². The van der Waals surface area contributed by atoms with E-state index in [9.17, 15) is 8.42 Å². The van der Waals surface area contributed by atoms with E-state index in [1.807, 2.05) is 12.1 Å². The molecule has 0 saturated carbocycles. The van der Waals surface area contributed by atoms with Gasteiger partial charge in [-0.3, -0.25) is 0 Å². The Labute approximate surface area is 109 Å². The van der Waals surface area contributed by atoms with Crippen LogP contribution in [0.3, 0.4) is 0 Å². The van der Waals surface area contributed by atoms with Crippen molar-refractivity contribution in [3.05, 3.63) is 24.3 Å². The number of hydrogen-bond donors (Lipinski definition) is 1. The van der Waals surface area contributed by atoms with Crippen LogP contribution in [-0.2, 0) is 9.84 Å². The first kappa shape index (κ1) is 13.2. The molecule has 1 aromatic carbocycles. The lowest BCUT2D eigenvalue weighted by Gasteiger charge is -2.24. The molecule has 0 fully saturated rings. The molecule has 0 spiro atoms. The molecule has 1 aromatic rings. The summed E-state index contributed by atoms with van der Waals surface area (Å²) >= 11 is 0. The van der Waals surface area contributed by atoms with Gasteiger partial charge < -0.3 is 10.2 Å². The lowest BCUT2D eigenvalue weighted by atomic mass is 10.2. The monoisotopic (exact) mass is 268 g/mol. The third-order valence-electron chi connectivity index (χ3n) is 3.11. The summed E-state index contributed by atoms with van der Waals surface area (Å²) in [6, 6.07) is 8.21. The van der Waals surface area contributed by atoms with Gasteiger partial charge >= 0.3 is 0 Å². The van der Waals surface area contributed by atoms with Crippen LogP contribution in [-0.4, -0.2) is 40.1 Å². The number of benzene rings is 1. The summed E-state index contributed by atoms with van der Waals surface area (Å²) < 4.78 is 22.3. The molecule has 0 amide bonds. The van der Waals surface area contributed by atoms with Gasteiger partial charge in [-0.1, -0.05) is 12.1 Å². The van der Waals surface area contributed by atoms with Gasteiger partial charge in [0.05, 0.1) is 17.1 Å². The molecule has 0 radical (unpaired) electrons. The van der Waals surface area contributed by atoms with Gasteiger partial charge in [-0.2, -0.15) is 0 Å². The molecular formula is C13H20N2O2S. The maximum Gasteiger partial charge on any atom is 0.147 e. The Morgan fingerprint density at radius 2 is 2.11 bits per heavy atom. The van der Waals surface area contributed by atoms with Gasteiger partial charge in [-0.25, -0.2) is 8.42 Å². The molecule has 0 atom stereocenters. The topological polar surface area (TPSA) is 49.4 Å². The second-order valence-corrected chi connectivity index (χ2v) is 7.03. The SMILES string of the molecule is CS(=O)(=O)CCCN1CCCNc2ccccc21. The molecular weight excluding hydrogens is 248 g/mol. The first-order valence-corrected chi connectivity index (χ1v) is 8.38. The first-order chi connectivity index (χ1) is 8.56. The number of hydrogen-bond acceptors (Lipinski definition) is 4. The van der Waals surface area contributed by atoms with E-state index in [0.29, 0.717) is 6.42 Å². The fourth-order valence-corrected chi connectivity index (χ4v) is 2.92. The Bertz CT molecular complexity index is 499. The van der Waals surface area contributed by atoms with Crippen molar-refractivity contribution in [3.8, 4) is 0 Å². The Hall–Kier alpha value is -1.23. The van der Waals surface area contributed by atoms with E-state index >= 15 is 0 Å². The smallest absolute Gasteiger partial charge is 0.147 e. The van der Waals surface area contributed by atoms with Crippen LogP contribution in [0.15, 0.2) is 24.3 Å². The van der Waals surface area contributed by atoms with Crippen molar-refractivity contribution in [1.82, 2.24) is 0 Å². The number of sulfone groups is 1. The quantitative estimate of drug-likeness (QED) is 0.903. The van der Waals surface area contributed by atoms with Crippen LogP contribution in [0.2, 0.25) is 0 Å². The van der Waals surface area contributed by atoms with Gasteiger partial charge in [-0.15, -0.1) is 0 Å². The highest BCUT2D eigenvalue weighted by atomic mass is 32.2. The maximum absolute atomic E-state index is 11.2. The summed E-state index contributed by atoms with van der Waals surface area (Å²) in [4.78, 5) is 2.28. The van der Waals surface area contributed by atoms with Crippen LogP contribution in [0.5, 0.6) is 0 Å². The highest BCUT2D eigenvalue weighted by Gasteiger charge is 2.14. The van der Waals surface area contributed by atoms with Crippen molar-refractivity contribution in [2.45, 2.75) is 12.8 Å². The predicted octanol–water partition coefficient (Wildman–Crippen LogP) is 1.74. The van der Waals surface area contributed by atoms with Gasteiger partial charge in [-0.05, 0) is 25.0 Å². The molecule has 0 aliphatic carbocycles. The Balaban J connectivity index is 2.04. The molecule has 5 heteroatoms. The van der Waals surface area contributed by atoms with E-state index < -0.39 is 9.84 Å². The van der Waals surface area contributed by atoms with Crippen LogP contribution in [0.1, 0.15) is 12.8 Å². The van der Waals surface area contributed by atoms with Crippen molar-refractivity contribution >= 4 is 21.2 Å². The average molecular weight is 268 g/mol. The van der Waals surface area contributed by atoms with E-state index in [2.05, 4.69) is 22.3 Å². The summed E-state index contributed by atoms with van der Waals surface area (Å²) in [6.45, 7) is 2.75. The number of para-hydroxylation sites is 2. The molecule has 18 heavy (non-hydrogen) atoms. The normalized spacial score (nSPS) is 15.7. The molecule has 2 rings (SSSR count). The number of anilines is 2. The minimum atomic E-state index is -2.85. The second kappa shape index (κ2) is 5.61. The zero-order chi connectivity index (χ0) is 13.0. The molecule has 1 heterocycles. The second-order valence-electron chi connectivity index (χ2n) is 4.77. The Morgan fingerprint density at radius 3 is 2.89 bits per heavy atom. The highest BCUT2D eigenvalue weighted by Crippen LogP contribution is 2.27. The minimum Gasteiger partial charge on any atom is -0.383 e. The fraction of sp³-hybridized carbons (Fsp3) is 0.538. The third kappa shape index (κ3) is 3.63. The van der Waals surface area contributed by atoms with E-state index in [-0.39, 0.29) is 5.75 Å². The standard InChI is InChI=1S/C13H20N2O2S/c1-18(16,17)11-5-10-15-9-4-8-14-12-6-2-3-7-13(12)15/h2-3,6-7,14H,4-5,8-11H2,1H3. The van der Waals surface area contributed by atoms with Crippen LogP contribution in [0.25, 0.3) is 0 Å². The number of nitrogens with zero attached hydrogens (tertiary/aromatic N) is 1. The molecule has 100 valence electrons. The summed E-state index contributed by atoms with van der Waals surface area (Å²) in [5, 5.41) is 3.40. The largest absolute Gasteiger partial charge is 0.383 e. The van der Waals surface area contributed by atoms with Crippen molar-refractivity contribution in [1.29, 1.82) is 0 Å². The van der Waals surface area contributed by atoms with Crippen LogP contribution < -0.4 is 10.2 Å². The van der Waals surface area contributed by atoms with E-state index in [0.717, 1.165) is 31.7 Å². The van der Waals surface area contributed by atoms with Gasteiger partial charge in [0.15, 0.2) is 0 Å². The van der Waals surface area contributed by atoms with E-state index in [1.54, 1.807) is 0 Å². The van der Waals surface area contributed by atoms with Crippen LogP contribution in [0, 0.1) is 0 Å². The van der Waals surface area contributed by atoms with Gasteiger partial charge in [0.2, 0.25) is 0 Å². The fourth-order valence-electron chi connectivity index (χ4n) is 2.26. The van der Waals surface area contributed by atoms with Crippen molar-refractivity contribution < 1.29 is 8.42 Å². The maximum atomic E-state index is 11.2. The lowest BCUT2D eigenvalue weighted by Crippen LogP contribution is -2.26. The molecule has 0 unspecified atom stereocenters. The summed E-state index contributed by atoms with van der Waals surface area (Å²) in [5.41, 5.74) is 2.33. The average Bonchev–Trinajstić information content (AvgIpc) is 2.51. The first-order valence-electron chi connectivity index (χ1n) is 6.32. The molecule has 1 aliphatic heterocycles. The molecule has 0 bridgehead atoms. The van der Waals surface area contributed by atoms with Gasteiger partial charge in [0, 0.05) is 25.9 Å². The van der Waals surface area contributed by atoms with Crippen molar-refractivity contribution in [2.24, 2.45) is 0 Å². The van der Waals surface area contributed by atoms with E-state index in [1.165, 1.54) is 11.9 Å². The number of nitrogens with one attached hydrogen (secondary N) is 1. The number of rotatable bonds is 4. The number of fused-ring (bicyclic) bond motifs is 1. The molecule has 0 aromatic heterocycles. The molecule has 0 saturated heterocycles. The van der Waals surface area contributed by atoms with Crippen molar-refractivity contribution in [2.75, 3.05) is 41.9 Å². The lowest BCUT2D eigenvalue weighted by molar-refractivity contribution is 0.598. The molecule has 1 N–H and O–H groups in total. The predicted molar refractivity (Wildman–Crippen MR) is 76.1 cm³/mol. The Kier molecular flexibility index (Phi) is 4.11. The highest BCUT2D eigenvalue weighted by molar-refractivity contribution is 7.90. The summed E-state index contributed by atoms with van der Waals surface area (Å²) in [5.74, 6) is 0.263. The summed E-state index contributed by atoms with van der Waals surface area (Å²) in [7, 11) is -2.85. The summed E-state index contributed by atoms with van der Waals surface area (Å²) in [6.07, 6.45) is 3.06. The Morgan fingerprint density at radius 1 is 1.33 bits per heavy atom. The molecule has 4 nitrogen and oxygen atoms in total. The van der Waals surface area contributed by atoms with Gasteiger partial charge in [0.1, 0.15) is 9.84 Å². The molecule has 1 aliphatic rings. The zero-order valence-corrected chi connectivity index (χ0v) is 11.5. The van der Waals surface area contributed by atoms with Crippen LogP contribution in [0.4, 0.5) is 11.4 Å². The van der Waals surface area contributed by atoms with Crippen LogP contribution >= 0.6 is 0 Å². The van der Waals surface area contributed by atoms with Crippen molar-refractivity contribution in [3.63, 3.8) is 0 Å². The zero-order valence-electron chi connectivity index (χ0n) is 10.7.